The molecule has 4 heavy (non-hydrogen) atoms. The van der Waals surface area contributed by atoms with Crippen LogP contribution in [0, 0.1) is 0 Å². The van der Waals surface area contributed by atoms with Crippen LogP contribution in [0.25, 0.3) is 0 Å². The van der Waals surface area contributed by atoms with E-state index < -0.39 is 0 Å². The summed E-state index contributed by atoms with van der Waals surface area (Å²) in [5, 5.41) is 0. The van der Waals surface area contributed by atoms with E-state index in [4.69, 9.17) is 0 Å². The third kappa shape index (κ3) is 2.78. The second kappa shape index (κ2) is 3.78. The normalized spacial score (nSPS) is 7.50. The van der Waals surface area contributed by atoms with Crippen LogP contribution in [0.5, 0.6) is 0 Å². The maximum atomic E-state index is 4.53. The smallest absolute Gasteiger partial charge is 0.0601 e. The third-order valence-corrected chi connectivity index (χ3v) is 1.06. The van der Waals surface area contributed by atoms with E-state index in [0.717, 1.165) is 11.9 Å². The van der Waals surface area contributed by atoms with Crippen molar-refractivity contribution in [2.45, 2.75) is 0 Å². The van der Waals surface area contributed by atoms with Gasteiger partial charge in [-0.05, 0) is 0 Å². The molecule has 1 unspecified atom stereocenters. The zero-order chi connectivity index (χ0) is 3.41. The molecule has 0 N–H and O–H groups in total. The molecular weight excluding hydrogens is 87.1 g/mol. The van der Waals surface area contributed by atoms with Crippen LogP contribution in [0.4, 0.5) is 0 Å². The summed E-state index contributed by atoms with van der Waals surface area (Å²) < 4.78 is 0. The molecule has 0 aliphatic rings. The third-order valence-electron chi connectivity index (χ3n) is 0.118. The molecule has 0 rings (SSSR count). The Hall–Kier alpha value is 0.780. The molecule has 0 saturated carbocycles. The summed E-state index contributed by atoms with van der Waals surface area (Å²) in [6.07, 6.45) is 1.05. The Morgan fingerprint density at radius 1 is 1.75 bits per heavy atom. The molecule has 2 heteroatoms. The average Bonchev–Trinajstić information content (AvgIpc) is 1.37. The standard InChI is InChI=1S/C2H7PS/c3-1-2-4/h4H,1-3H2/p-1. The molecule has 0 spiro atoms. The highest BCUT2D eigenvalue weighted by Gasteiger charge is 1.44. The van der Waals surface area contributed by atoms with Crippen molar-refractivity contribution in [3.05, 3.63) is 0 Å². The first-order chi connectivity index (χ1) is 1.91. The number of hydrogen-bond acceptors (Lipinski definition) is 1. The van der Waals surface area contributed by atoms with Crippen molar-refractivity contribution < 1.29 is 0 Å². The number of rotatable bonds is 1. The van der Waals surface area contributed by atoms with Gasteiger partial charge in [0, 0.05) is 0 Å². The second-order valence-electron chi connectivity index (χ2n) is 0.493. The maximum Gasteiger partial charge on any atom is -0.0601 e. The first-order valence-electron chi connectivity index (χ1n) is 1.20. The van der Waals surface area contributed by atoms with Gasteiger partial charge < -0.3 is 12.6 Å². The van der Waals surface area contributed by atoms with Crippen LogP contribution in [0.2, 0.25) is 0 Å². The number of hydrogen-bond donors (Lipinski definition) is 0. The summed E-state index contributed by atoms with van der Waals surface area (Å²) >= 11 is 4.53. The predicted octanol–water partition coefficient (Wildman–Crippen LogP) is 0.408. The molecule has 0 aromatic carbocycles. The molecule has 0 fully saturated rings. The van der Waals surface area contributed by atoms with Crippen molar-refractivity contribution in [2.75, 3.05) is 11.9 Å². The first-order valence-corrected chi connectivity index (χ1v) is 2.59. The van der Waals surface area contributed by atoms with E-state index in [-0.39, 0.29) is 0 Å². The van der Waals surface area contributed by atoms with E-state index in [1.54, 1.807) is 0 Å². The Kier molecular flexibility index (Phi) is 4.52. The summed E-state index contributed by atoms with van der Waals surface area (Å²) in [5.41, 5.74) is 0. The highest BCUT2D eigenvalue weighted by molar-refractivity contribution is 7.59. The quantitative estimate of drug-likeness (QED) is 0.334. The Bertz CT molecular complexity index is 8.00. The molecule has 0 saturated heterocycles. The molecule has 0 heterocycles. The Balaban J connectivity index is 1.97. The van der Waals surface area contributed by atoms with Gasteiger partial charge in [-0.25, -0.2) is 0 Å². The van der Waals surface area contributed by atoms with Crippen LogP contribution in [0.1, 0.15) is 0 Å². The summed E-state index contributed by atoms with van der Waals surface area (Å²) in [6, 6.07) is 0. The zero-order valence-corrected chi connectivity index (χ0v) is 4.37. The van der Waals surface area contributed by atoms with E-state index in [2.05, 4.69) is 21.9 Å². The van der Waals surface area contributed by atoms with Crippen molar-refractivity contribution in [3.8, 4) is 0 Å². The molecule has 0 aliphatic heterocycles. The van der Waals surface area contributed by atoms with E-state index in [1.807, 2.05) is 0 Å². The van der Waals surface area contributed by atoms with Crippen LogP contribution in [-0.4, -0.2) is 11.9 Å². The summed E-state index contributed by atoms with van der Waals surface area (Å²) in [7, 11) is 2.55. The van der Waals surface area contributed by atoms with Gasteiger partial charge in [0.2, 0.25) is 0 Å². The Morgan fingerprint density at radius 3 is 2.00 bits per heavy atom. The summed E-state index contributed by atoms with van der Waals surface area (Å²) in [4.78, 5) is 0. The molecule has 0 aromatic heterocycles. The van der Waals surface area contributed by atoms with Crippen LogP contribution in [0.15, 0.2) is 0 Å². The maximum absolute atomic E-state index is 4.53. The predicted molar refractivity (Wildman–Crippen MR) is 26.8 cm³/mol. The summed E-state index contributed by atoms with van der Waals surface area (Å²) in [5.74, 6) is 0.866. The fraction of sp³-hybridized carbons (Fsp3) is 1.00. The minimum absolute atomic E-state index is 0.866. The van der Waals surface area contributed by atoms with Crippen LogP contribution >= 0.6 is 9.24 Å². The van der Waals surface area contributed by atoms with Crippen molar-refractivity contribution in [1.82, 2.24) is 0 Å². The van der Waals surface area contributed by atoms with Gasteiger partial charge in [-0.1, -0.05) is 6.16 Å². The molecule has 0 aromatic rings. The van der Waals surface area contributed by atoms with Gasteiger partial charge in [0.15, 0.2) is 0 Å². The van der Waals surface area contributed by atoms with Crippen LogP contribution < -0.4 is 0 Å². The van der Waals surface area contributed by atoms with E-state index >= 15 is 0 Å². The lowest BCUT2D eigenvalue weighted by atomic mass is 11.0. The highest BCUT2D eigenvalue weighted by atomic mass is 32.1. The van der Waals surface area contributed by atoms with Gasteiger partial charge in [0.1, 0.15) is 0 Å². The molecule has 1 atom stereocenters. The minimum Gasteiger partial charge on any atom is -0.792 e. The van der Waals surface area contributed by atoms with Crippen molar-refractivity contribution in [1.29, 1.82) is 0 Å². The highest BCUT2D eigenvalue weighted by Crippen LogP contribution is 1.72. The van der Waals surface area contributed by atoms with Gasteiger partial charge >= 0.3 is 0 Å². The first kappa shape index (κ1) is 4.78. The van der Waals surface area contributed by atoms with Crippen molar-refractivity contribution in [2.24, 2.45) is 0 Å². The summed E-state index contributed by atoms with van der Waals surface area (Å²) in [6.45, 7) is 0. The fourth-order valence-electron chi connectivity index (χ4n) is 0. The van der Waals surface area contributed by atoms with Crippen molar-refractivity contribution >= 4 is 21.9 Å². The van der Waals surface area contributed by atoms with Gasteiger partial charge in [0.25, 0.3) is 0 Å². The Labute approximate surface area is 34.6 Å². The fourth-order valence-corrected chi connectivity index (χ4v) is 0. The monoisotopic (exact) mass is 93.0 g/mol. The van der Waals surface area contributed by atoms with Gasteiger partial charge in [0.05, 0.1) is 0 Å². The molecule has 0 amide bonds. The van der Waals surface area contributed by atoms with E-state index in [0.29, 0.717) is 0 Å². The van der Waals surface area contributed by atoms with E-state index in [9.17, 15) is 0 Å². The molecular formula is C2H6PS-. The van der Waals surface area contributed by atoms with E-state index in [1.165, 1.54) is 0 Å². The molecule has 0 radical (unpaired) electrons. The lowest BCUT2D eigenvalue weighted by Crippen LogP contribution is -1.70. The Morgan fingerprint density at radius 2 is 2.00 bits per heavy atom. The second-order valence-corrected chi connectivity index (χ2v) is 1.48. The molecule has 0 nitrogen and oxygen atoms in total. The minimum atomic E-state index is 0.866. The van der Waals surface area contributed by atoms with Gasteiger partial charge in [-0.3, -0.25) is 0 Å². The lowest BCUT2D eigenvalue weighted by Gasteiger charge is -1.89. The SMILES string of the molecule is PCC[S-]. The van der Waals surface area contributed by atoms with Gasteiger partial charge in [-0.15, -0.1) is 9.24 Å². The molecule has 0 aliphatic carbocycles. The lowest BCUT2D eigenvalue weighted by molar-refractivity contribution is 1.57. The topological polar surface area (TPSA) is 0 Å². The van der Waals surface area contributed by atoms with Crippen molar-refractivity contribution in [3.63, 3.8) is 0 Å². The average molecular weight is 93.1 g/mol. The van der Waals surface area contributed by atoms with Crippen LogP contribution in [-0.2, 0) is 12.6 Å². The van der Waals surface area contributed by atoms with Crippen LogP contribution in [0.3, 0.4) is 0 Å². The van der Waals surface area contributed by atoms with Gasteiger partial charge in [-0.2, -0.15) is 5.75 Å². The molecule has 0 bridgehead atoms. The largest absolute Gasteiger partial charge is 0.792 e. The zero-order valence-electron chi connectivity index (χ0n) is 2.40. The molecule has 26 valence electrons.